The summed E-state index contributed by atoms with van der Waals surface area (Å²) in [5.74, 6) is -0.448. The number of halogens is 3. The van der Waals surface area contributed by atoms with E-state index < -0.39 is 14.9 Å². The van der Waals surface area contributed by atoms with Crippen molar-refractivity contribution in [1.29, 1.82) is 0 Å². The number of nitrogens with zero attached hydrogens (tertiary/aromatic N) is 1. The molecular formula is C14H17Cl3N2O4. The van der Waals surface area contributed by atoms with E-state index >= 15 is 0 Å². The molecule has 1 atom stereocenters. The molecule has 0 radical (unpaired) electrons. The van der Waals surface area contributed by atoms with Gasteiger partial charge in [0.2, 0.25) is 15.9 Å². The van der Waals surface area contributed by atoms with Gasteiger partial charge in [0.1, 0.15) is 0 Å². The summed E-state index contributed by atoms with van der Waals surface area (Å²) < 4.78 is 3.40. The van der Waals surface area contributed by atoms with E-state index in [0.717, 1.165) is 12.8 Å². The highest BCUT2D eigenvalue weighted by atomic mass is 35.6. The number of amides is 1. The molecule has 6 nitrogen and oxygen atoms in total. The van der Waals surface area contributed by atoms with Crippen LogP contribution < -0.4 is 10.1 Å². The van der Waals surface area contributed by atoms with Crippen molar-refractivity contribution in [1.82, 2.24) is 5.32 Å². The van der Waals surface area contributed by atoms with E-state index in [2.05, 4.69) is 5.32 Å². The molecule has 1 aromatic rings. The Morgan fingerprint density at radius 2 is 2.00 bits per heavy atom. The van der Waals surface area contributed by atoms with Gasteiger partial charge in [-0.3, -0.25) is 14.9 Å². The van der Waals surface area contributed by atoms with Gasteiger partial charge in [0.15, 0.2) is 5.75 Å². The monoisotopic (exact) mass is 382 g/mol. The second-order valence-electron chi connectivity index (χ2n) is 4.79. The standard InChI is InChI=1S/C14H17Cl3N2O4/c1-2-3-4-9-12(20)18-13(14(15,16)17)23-11-8-6-5-7-10(11)19(21)22/h5-8,13H,2-4,9H2,1H3,(H,18,20). The lowest BCUT2D eigenvalue weighted by Gasteiger charge is -2.26. The zero-order chi connectivity index (χ0) is 17.5. The fourth-order valence-electron chi connectivity index (χ4n) is 1.77. The number of alkyl halides is 3. The van der Waals surface area contributed by atoms with Crippen LogP contribution in [-0.4, -0.2) is 20.9 Å². The summed E-state index contributed by atoms with van der Waals surface area (Å²) in [6.07, 6.45) is 1.47. The zero-order valence-corrected chi connectivity index (χ0v) is 14.7. The van der Waals surface area contributed by atoms with E-state index in [-0.39, 0.29) is 23.8 Å². The minimum absolute atomic E-state index is 0.0947. The molecule has 9 heteroatoms. The number of nitro benzene ring substituents is 1. The van der Waals surface area contributed by atoms with Crippen LogP contribution in [0, 0.1) is 10.1 Å². The van der Waals surface area contributed by atoms with E-state index in [0.29, 0.717) is 6.42 Å². The van der Waals surface area contributed by atoms with Crippen LogP contribution in [0.1, 0.15) is 32.6 Å². The molecule has 1 unspecified atom stereocenters. The van der Waals surface area contributed by atoms with Gasteiger partial charge in [0.05, 0.1) is 4.92 Å². The molecule has 0 aliphatic rings. The topological polar surface area (TPSA) is 81.5 Å². The molecule has 0 saturated heterocycles. The van der Waals surface area contributed by atoms with Crippen LogP contribution in [0.15, 0.2) is 24.3 Å². The minimum atomic E-state index is -1.98. The van der Waals surface area contributed by atoms with Gasteiger partial charge >= 0.3 is 5.69 Å². The fourth-order valence-corrected chi connectivity index (χ4v) is 2.06. The predicted molar refractivity (Wildman–Crippen MR) is 90.1 cm³/mol. The minimum Gasteiger partial charge on any atom is -0.459 e. The summed E-state index contributed by atoms with van der Waals surface area (Å²) in [6.45, 7) is 2.01. The second-order valence-corrected chi connectivity index (χ2v) is 7.16. The Kier molecular flexibility index (Phi) is 7.88. The van der Waals surface area contributed by atoms with Crippen LogP contribution in [-0.2, 0) is 4.79 Å². The molecule has 0 bridgehead atoms. The molecule has 0 fully saturated rings. The van der Waals surface area contributed by atoms with E-state index in [1.165, 1.54) is 18.2 Å². The highest BCUT2D eigenvalue weighted by molar-refractivity contribution is 6.68. The number of unbranched alkanes of at least 4 members (excludes halogenated alkanes) is 2. The Labute approximate surface area is 149 Å². The molecule has 1 amide bonds. The first-order valence-corrected chi connectivity index (χ1v) is 8.15. The van der Waals surface area contributed by atoms with E-state index in [9.17, 15) is 14.9 Å². The van der Waals surface area contributed by atoms with Crippen molar-refractivity contribution in [3.63, 3.8) is 0 Å². The molecule has 0 heterocycles. The molecule has 1 N–H and O–H groups in total. The van der Waals surface area contributed by atoms with Gasteiger partial charge in [-0.2, -0.15) is 0 Å². The van der Waals surface area contributed by atoms with Crippen LogP contribution in [0.3, 0.4) is 0 Å². The summed E-state index contributed by atoms with van der Waals surface area (Å²) >= 11 is 17.4. The number of rotatable bonds is 8. The molecule has 128 valence electrons. The number of nitrogens with one attached hydrogen (secondary N) is 1. The van der Waals surface area contributed by atoms with Crippen molar-refractivity contribution in [3.05, 3.63) is 34.4 Å². The molecule has 1 rings (SSSR count). The third-order valence-electron chi connectivity index (χ3n) is 2.90. The quantitative estimate of drug-likeness (QED) is 0.238. The molecule has 0 aliphatic heterocycles. The van der Waals surface area contributed by atoms with Crippen molar-refractivity contribution in [3.8, 4) is 5.75 Å². The molecular weight excluding hydrogens is 367 g/mol. The van der Waals surface area contributed by atoms with E-state index in [1.54, 1.807) is 6.07 Å². The smallest absolute Gasteiger partial charge is 0.311 e. The van der Waals surface area contributed by atoms with Gasteiger partial charge < -0.3 is 10.1 Å². The first kappa shape index (κ1) is 19.8. The fraction of sp³-hybridized carbons (Fsp3) is 0.500. The van der Waals surface area contributed by atoms with Crippen molar-refractivity contribution in [2.24, 2.45) is 0 Å². The lowest BCUT2D eigenvalue weighted by Crippen LogP contribution is -2.47. The van der Waals surface area contributed by atoms with Gasteiger partial charge in [0.25, 0.3) is 0 Å². The zero-order valence-electron chi connectivity index (χ0n) is 12.4. The van der Waals surface area contributed by atoms with Crippen molar-refractivity contribution in [2.45, 2.75) is 42.6 Å². The molecule has 0 aromatic heterocycles. The molecule has 0 saturated carbocycles. The number of carbonyl (C=O) groups is 1. The first-order valence-electron chi connectivity index (χ1n) is 7.02. The van der Waals surface area contributed by atoms with Gasteiger partial charge in [-0.25, -0.2) is 0 Å². The molecule has 23 heavy (non-hydrogen) atoms. The average molecular weight is 384 g/mol. The Balaban J connectivity index is 2.84. The number of benzene rings is 1. The predicted octanol–water partition coefficient (Wildman–Crippen LogP) is 4.37. The summed E-state index contributed by atoms with van der Waals surface area (Å²) in [7, 11) is 0. The van der Waals surface area contributed by atoms with Crippen LogP contribution in [0.25, 0.3) is 0 Å². The maximum Gasteiger partial charge on any atom is 0.311 e. The Hall–Kier alpha value is -1.24. The largest absolute Gasteiger partial charge is 0.459 e. The van der Waals surface area contributed by atoms with Crippen LogP contribution >= 0.6 is 34.8 Å². The van der Waals surface area contributed by atoms with E-state index in [1.807, 2.05) is 6.92 Å². The number of ether oxygens (including phenoxy) is 1. The van der Waals surface area contributed by atoms with Gasteiger partial charge in [-0.15, -0.1) is 0 Å². The number of nitro groups is 1. The second kappa shape index (κ2) is 9.15. The van der Waals surface area contributed by atoms with Crippen molar-refractivity contribution in [2.75, 3.05) is 0 Å². The summed E-state index contributed by atoms with van der Waals surface area (Å²) in [4.78, 5) is 22.3. The van der Waals surface area contributed by atoms with Crippen molar-refractivity contribution >= 4 is 46.4 Å². The first-order chi connectivity index (χ1) is 10.8. The maximum absolute atomic E-state index is 11.9. The van der Waals surface area contributed by atoms with Crippen LogP contribution in [0.5, 0.6) is 5.75 Å². The lowest BCUT2D eigenvalue weighted by molar-refractivity contribution is -0.386. The summed E-state index contributed by atoms with van der Waals surface area (Å²) in [5, 5.41) is 13.4. The number of hydrogen-bond donors (Lipinski definition) is 1. The van der Waals surface area contributed by atoms with Crippen LogP contribution in [0.4, 0.5) is 5.69 Å². The number of hydrogen-bond acceptors (Lipinski definition) is 4. The molecule has 1 aromatic carbocycles. The lowest BCUT2D eigenvalue weighted by atomic mass is 10.2. The van der Waals surface area contributed by atoms with Gasteiger partial charge in [0, 0.05) is 12.5 Å². The Bertz CT molecular complexity index is 549. The van der Waals surface area contributed by atoms with Crippen LogP contribution in [0.2, 0.25) is 0 Å². The molecule has 0 spiro atoms. The third kappa shape index (κ3) is 6.81. The Morgan fingerprint density at radius 1 is 1.35 bits per heavy atom. The van der Waals surface area contributed by atoms with Crippen molar-refractivity contribution < 1.29 is 14.5 Å². The number of carbonyl (C=O) groups excluding carboxylic acids is 1. The van der Waals surface area contributed by atoms with Gasteiger partial charge in [-0.1, -0.05) is 66.7 Å². The highest BCUT2D eigenvalue weighted by Gasteiger charge is 2.37. The summed E-state index contributed by atoms with van der Waals surface area (Å²) in [5.41, 5.74) is -0.285. The normalized spacial score (nSPS) is 12.5. The molecule has 0 aliphatic carbocycles. The van der Waals surface area contributed by atoms with Gasteiger partial charge in [-0.05, 0) is 12.5 Å². The SMILES string of the molecule is CCCCCC(=O)NC(Oc1ccccc1[N+](=O)[O-])C(Cl)(Cl)Cl. The third-order valence-corrected chi connectivity index (χ3v) is 3.50. The number of para-hydroxylation sites is 2. The summed E-state index contributed by atoms with van der Waals surface area (Å²) in [6, 6.07) is 5.65. The van der Waals surface area contributed by atoms with E-state index in [4.69, 9.17) is 39.5 Å². The maximum atomic E-state index is 11.9. The average Bonchev–Trinajstić information content (AvgIpc) is 2.46. The highest BCUT2D eigenvalue weighted by Crippen LogP contribution is 2.34. The Morgan fingerprint density at radius 3 is 2.57 bits per heavy atom.